The maximum absolute atomic E-state index is 6.12. The zero-order valence-corrected chi connectivity index (χ0v) is 13.3. The van der Waals surface area contributed by atoms with Gasteiger partial charge in [-0.1, -0.05) is 12.8 Å². The predicted octanol–water partition coefficient (Wildman–Crippen LogP) is 3.37. The molecule has 0 aliphatic heterocycles. The summed E-state index contributed by atoms with van der Waals surface area (Å²) in [7, 11) is 3.26. The van der Waals surface area contributed by atoms with Crippen LogP contribution in [0.4, 0.5) is 11.4 Å². The van der Waals surface area contributed by atoms with Gasteiger partial charge >= 0.3 is 0 Å². The Labute approximate surface area is 125 Å². The van der Waals surface area contributed by atoms with E-state index in [0.717, 1.165) is 5.69 Å². The second kappa shape index (κ2) is 6.97. The summed E-state index contributed by atoms with van der Waals surface area (Å²) >= 11 is 1.94. The second-order valence-corrected chi connectivity index (χ2v) is 6.18. The van der Waals surface area contributed by atoms with Gasteiger partial charge in [-0.3, -0.25) is 0 Å². The molecule has 0 heterocycles. The van der Waals surface area contributed by atoms with E-state index in [0.29, 0.717) is 28.5 Å². The summed E-state index contributed by atoms with van der Waals surface area (Å²) in [6, 6.07) is 4.22. The molecule has 0 aromatic heterocycles. The van der Waals surface area contributed by atoms with Crippen LogP contribution in [-0.4, -0.2) is 31.8 Å². The lowest BCUT2D eigenvalue weighted by Crippen LogP contribution is -2.34. The number of hydrogen-bond acceptors (Lipinski definition) is 5. The highest BCUT2D eigenvalue weighted by atomic mass is 32.2. The fraction of sp³-hybridized carbons (Fsp3) is 0.600. The first-order valence-corrected chi connectivity index (χ1v) is 8.29. The molecule has 1 aliphatic carbocycles. The molecular weight excluding hydrogens is 272 g/mol. The van der Waals surface area contributed by atoms with E-state index < -0.39 is 0 Å². The predicted molar refractivity (Wildman–Crippen MR) is 87.1 cm³/mol. The zero-order chi connectivity index (χ0) is 14.5. The van der Waals surface area contributed by atoms with Crippen LogP contribution in [0.5, 0.6) is 11.5 Å². The van der Waals surface area contributed by atoms with Gasteiger partial charge in [0.1, 0.15) is 0 Å². The molecule has 1 aromatic carbocycles. The third-order valence-electron chi connectivity index (χ3n) is 3.90. The van der Waals surface area contributed by atoms with E-state index in [1.165, 1.54) is 25.7 Å². The highest BCUT2D eigenvalue weighted by Gasteiger charge is 2.25. The van der Waals surface area contributed by atoms with E-state index in [9.17, 15) is 0 Å². The van der Waals surface area contributed by atoms with E-state index in [-0.39, 0.29) is 0 Å². The maximum atomic E-state index is 6.12. The van der Waals surface area contributed by atoms with Crippen molar-refractivity contribution in [1.29, 1.82) is 0 Å². The van der Waals surface area contributed by atoms with Gasteiger partial charge in [-0.05, 0) is 19.1 Å². The normalized spacial score (nSPS) is 22.4. The van der Waals surface area contributed by atoms with Crippen molar-refractivity contribution < 1.29 is 9.47 Å². The number of benzene rings is 1. The Morgan fingerprint density at radius 2 is 1.80 bits per heavy atom. The number of ether oxygens (including phenoxy) is 2. The maximum Gasteiger partial charge on any atom is 0.162 e. The standard InChI is InChI=1S/C15H24N2O2S/c1-18-13-8-10(16)12(9-14(13)19-2)17-11-6-4-5-7-15(11)20-3/h8-9,11,15,17H,4-7,16H2,1-3H3. The summed E-state index contributed by atoms with van der Waals surface area (Å²) in [4.78, 5) is 0. The summed E-state index contributed by atoms with van der Waals surface area (Å²) in [5.41, 5.74) is 7.76. The molecule has 0 radical (unpaired) electrons. The molecule has 2 rings (SSSR count). The smallest absolute Gasteiger partial charge is 0.162 e. The van der Waals surface area contributed by atoms with Crippen molar-refractivity contribution in [2.75, 3.05) is 31.5 Å². The number of nitrogen functional groups attached to an aromatic ring is 1. The number of nitrogens with one attached hydrogen (secondary N) is 1. The van der Waals surface area contributed by atoms with E-state index in [4.69, 9.17) is 15.2 Å². The average molecular weight is 296 g/mol. The lowest BCUT2D eigenvalue weighted by atomic mass is 9.94. The Morgan fingerprint density at radius 1 is 1.15 bits per heavy atom. The number of methoxy groups -OCH3 is 2. The lowest BCUT2D eigenvalue weighted by molar-refractivity contribution is 0.355. The van der Waals surface area contributed by atoms with Gasteiger partial charge < -0.3 is 20.5 Å². The largest absolute Gasteiger partial charge is 0.493 e. The molecule has 0 spiro atoms. The topological polar surface area (TPSA) is 56.5 Å². The Kier molecular flexibility index (Phi) is 5.29. The molecule has 0 bridgehead atoms. The Bertz CT molecular complexity index is 454. The van der Waals surface area contributed by atoms with Gasteiger partial charge in [0.15, 0.2) is 11.5 Å². The molecule has 1 aliphatic rings. The molecule has 5 heteroatoms. The van der Waals surface area contributed by atoms with E-state index in [1.54, 1.807) is 14.2 Å². The van der Waals surface area contributed by atoms with Crippen LogP contribution in [0.2, 0.25) is 0 Å². The van der Waals surface area contributed by atoms with Gasteiger partial charge in [0.2, 0.25) is 0 Å². The quantitative estimate of drug-likeness (QED) is 0.816. The van der Waals surface area contributed by atoms with Crippen LogP contribution >= 0.6 is 11.8 Å². The van der Waals surface area contributed by atoms with Gasteiger partial charge in [0.25, 0.3) is 0 Å². The fourth-order valence-corrected chi connectivity index (χ4v) is 3.70. The van der Waals surface area contributed by atoms with Crippen molar-refractivity contribution in [3.63, 3.8) is 0 Å². The van der Waals surface area contributed by atoms with Crippen LogP contribution in [0.15, 0.2) is 12.1 Å². The van der Waals surface area contributed by atoms with Crippen molar-refractivity contribution in [3.8, 4) is 11.5 Å². The van der Waals surface area contributed by atoms with Crippen LogP contribution in [0.3, 0.4) is 0 Å². The van der Waals surface area contributed by atoms with Gasteiger partial charge in [-0.25, -0.2) is 0 Å². The number of hydrogen-bond donors (Lipinski definition) is 2. The number of thioether (sulfide) groups is 1. The van der Waals surface area contributed by atoms with Crippen LogP contribution in [0.25, 0.3) is 0 Å². The molecule has 20 heavy (non-hydrogen) atoms. The monoisotopic (exact) mass is 296 g/mol. The van der Waals surface area contributed by atoms with Crippen LogP contribution in [-0.2, 0) is 0 Å². The summed E-state index contributed by atoms with van der Waals surface area (Å²) in [6.45, 7) is 0. The first kappa shape index (κ1) is 15.2. The summed E-state index contributed by atoms with van der Waals surface area (Å²) < 4.78 is 10.6. The van der Waals surface area contributed by atoms with Gasteiger partial charge in [-0.2, -0.15) is 11.8 Å². The summed E-state index contributed by atoms with van der Waals surface area (Å²) in [5, 5.41) is 4.24. The molecule has 0 amide bonds. The molecule has 2 atom stereocenters. The van der Waals surface area contributed by atoms with Crippen molar-refractivity contribution >= 4 is 23.1 Å². The van der Waals surface area contributed by atoms with Gasteiger partial charge in [-0.15, -0.1) is 0 Å². The average Bonchev–Trinajstić information content (AvgIpc) is 2.49. The number of anilines is 2. The molecule has 3 N–H and O–H groups in total. The molecule has 4 nitrogen and oxygen atoms in total. The van der Waals surface area contributed by atoms with Gasteiger partial charge in [0.05, 0.1) is 25.6 Å². The highest BCUT2D eigenvalue weighted by Crippen LogP contribution is 2.37. The van der Waals surface area contributed by atoms with Gasteiger partial charge in [0, 0.05) is 23.4 Å². The van der Waals surface area contributed by atoms with E-state index in [2.05, 4.69) is 11.6 Å². The third kappa shape index (κ3) is 3.26. The number of rotatable bonds is 5. The van der Waals surface area contributed by atoms with Crippen LogP contribution < -0.4 is 20.5 Å². The molecule has 0 saturated heterocycles. The Balaban J connectivity index is 2.19. The fourth-order valence-electron chi connectivity index (χ4n) is 2.76. The van der Waals surface area contributed by atoms with E-state index >= 15 is 0 Å². The second-order valence-electron chi connectivity index (χ2n) is 5.10. The third-order valence-corrected chi connectivity index (χ3v) is 5.07. The van der Waals surface area contributed by atoms with Crippen molar-refractivity contribution in [3.05, 3.63) is 12.1 Å². The highest BCUT2D eigenvalue weighted by molar-refractivity contribution is 7.99. The minimum atomic E-state index is 0.471. The Morgan fingerprint density at radius 3 is 2.45 bits per heavy atom. The molecular formula is C15H24N2O2S. The molecule has 1 aromatic rings. The molecule has 1 fully saturated rings. The van der Waals surface area contributed by atoms with Crippen molar-refractivity contribution in [2.24, 2.45) is 0 Å². The van der Waals surface area contributed by atoms with Crippen LogP contribution in [0.1, 0.15) is 25.7 Å². The summed E-state index contributed by atoms with van der Waals surface area (Å²) in [6.07, 6.45) is 7.25. The first-order valence-electron chi connectivity index (χ1n) is 7.00. The Hall–Kier alpha value is -1.23. The molecule has 2 unspecified atom stereocenters. The first-order chi connectivity index (χ1) is 9.69. The lowest BCUT2D eigenvalue weighted by Gasteiger charge is -2.32. The minimum Gasteiger partial charge on any atom is -0.493 e. The minimum absolute atomic E-state index is 0.471. The van der Waals surface area contributed by atoms with Crippen molar-refractivity contribution in [2.45, 2.75) is 37.0 Å². The van der Waals surface area contributed by atoms with E-state index in [1.807, 2.05) is 23.9 Å². The molecule has 112 valence electrons. The SMILES string of the molecule is COc1cc(N)c(NC2CCCCC2SC)cc1OC. The molecule has 1 saturated carbocycles. The summed E-state index contributed by atoms with van der Waals surface area (Å²) in [5.74, 6) is 1.38. The zero-order valence-electron chi connectivity index (χ0n) is 12.4. The number of nitrogens with two attached hydrogens (primary N) is 1. The van der Waals surface area contributed by atoms with Crippen LogP contribution in [0, 0.1) is 0 Å². The van der Waals surface area contributed by atoms with Crippen molar-refractivity contribution in [1.82, 2.24) is 0 Å².